The zero-order valence-corrected chi connectivity index (χ0v) is 10.7. The molecule has 0 spiro atoms. The highest BCUT2D eigenvalue weighted by molar-refractivity contribution is 8.02. The molecule has 0 saturated carbocycles. The van der Waals surface area contributed by atoms with Crippen LogP contribution < -0.4 is 5.32 Å². The van der Waals surface area contributed by atoms with Crippen molar-refractivity contribution in [2.45, 2.75) is 36.0 Å². The fraction of sp³-hybridized carbons (Fsp3) is 0.667. The maximum Gasteiger partial charge on any atom is 0.319 e. The van der Waals surface area contributed by atoms with Gasteiger partial charge in [-0.2, -0.15) is 0 Å². The fourth-order valence-electron chi connectivity index (χ4n) is 1.42. The lowest BCUT2D eigenvalue weighted by Crippen LogP contribution is -2.08. The number of cyclic esters (lactones) is 1. The molecule has 1 N–H and O–H groups in total. The van der Waals surface area contributed by atoms with Crippen LogP contribution in [0.2, 0.25) is 0 Å². The predicted octanol–water partition coefficient (Wildman–Crippen LogP) is 1.77. The van der Waals surface area contributed by atoms with Crippen molar-refractivity contribution in [3.8, 4) is 0 Å². The molecule has 2 heterocycles. The molecule has 1 aliphatic heterocycles. The summed E-state index contributed by atoms with van der Waals surface area (Å²) in [6.45, 7) is 4.73. The number of hydrogen-bond acceptors (Lipinski definition) is 7. The van der Waals surface area contributed by atoms with Crippen molar-refractivity contribution < 1.29 is 9.53 Å². The van der Waals surface area contributed by atoms with E-state index in [1.807, 2.05) is 13.8 Å². The molecule has 7 heteroatoms. The second kappa shape index (κ2) is 5.01. The molecule has 0 amide bonds. The Morgan fingerprint density at radius 3 is 3.06 bits per heavy atom. The molecule has 1 aromatic rings. The summed E-state index contributed by atoms with van der Waals surface area (Å²) in [6, 6.07) is 0. The van der Waals surface area contributed by atoms with Crippen molar-refractivity contribution in [3.63, 3.8) is 0 Å². The maximum absolute atomic E-state index is 11.4. The molecule has 2 rings (SSSR count). The summed E-state index contributed by atoms with van der Waals surface area (Å²) in [5.74, 6) is -0.141. The number of nitrogens with one attached hydrogen (secondary N) is 1. The fourth-order valence-corrected chi connectivity index (χ4v) is 3.59. The third-order valence-corrected chi connectivity index (χ3v) is 4.27. The van der Waals surface area contributed by atoms with E-state index in [-0.39, 0.29) is 17.3 Å². The van der Waals surface area contributed by atoms with Gasteiger partial charge in [0.15, 0.2) is 4.34 Å². The van der Waals surface area contributed by atoms with Gasteiger partial charge < -0.3 is 10.1 Å². The molecular weight excluding hydrogens is 246 g/mol. The molecule has 0 radical (unpaired) electrons. The molecular formula is C9H13N3O2S2. The second-order valence-electron chi connectivity index (χ2n) is 3.49. The Hall–Kier alpha value is -0.820. The van der Waals surface area contributed by atoms with E-state index >= 15 is 0 Å². The highest BCUT2D eigenvalue weighted by atomic mass is 32.2. The van der Waals surface area contributed by atoms with Crippen LogP contribution in [0.3, 0.4) is 0 Å². The van der Waals surface area contributed by atoms with E-state index in [4.69, 9.17) is 4.74 Å². The number of carbonyl (C=O) groups excluding carboxylic acids is 1. The summed E-state index contributed by atoms with van der Waals surface area (Å²) in [5.41, 5.74) is 0. The monoisotopic (exact) mass is 259 g/mol. The molecule has 1 aromatic heterocycles. The Morgan fingerprint density at radius 1 is 1.62 bits per heavy atom. The number of thioether (sulfide) groups is 1. The van der Waals surface area contributed by atoms with Gasteiger partial charge >= 0.3 is 5.97 Å². The number of esters is 1. The van der Waals surface area contributed by atoms with Crippen molar-refractivity contribution in [1.29, 1.82) is 0 Å². The molecule has 16 heavy (non-hydrogen) atoms. The quantitative estimate of drug-likeness (QED) is 0.831. The van der Waals surface area contributed by atoms with Gasteiger partial charge in [-0.15, -0.1) is 10.2 Å². The van der Waals surface area contributed by atoms with Crippen LogP contribution in [0, 0.1) is 0 Å². The summed E-state index contributed by atoms with van der Waals surface area (Å²) in [6.07, 6.45) is 0.769. The van der Waals surface area contributed by atoms with Gasteiger partial charge in [0, 0.05) is 13.0 Å². The number of carbonyl (C=O) groups is 1. The zero-order valence-electron chi connectivity index (χ0n) is 9.10. The normalized spacial score (nSPS) is 24.5. The first kappa shape index (κ1) is 11.7. The number of ether oxygens (including phenoxy) is 1. The summed E-state index contributed by atoms with van der Waals surface area (Å²) < 4.78 is 5.89. The third-order valence-electron chi connectivity index (χ3n) is 2.10. The van der Waals surface area contributed by atoms with Crippen LogP contribution in [0.25, 0.3) is 0 Å². The summed E-state index contributed by atoms with van der Waals surface area (Å²) in [4.78, 5) is 11.4. The molecule has 1 aliphatic rings. The Balaban J connectivity index is 1.95. The van der Waals surface area contributed by atoms with Crippen LogP contribution in [-0.4, -0.2) is 34.1 Å². The number of nitrogens with zero attached hydrogens (tertiary/aromatic N) is 2. The molecule has 0 aliphatic carbocycles. The molecule has 0 aromatic carbocycles. The van der Waals surface area contributed by atoms with Gasteiger partial charge in [0.05, 0.1) is 0 Å². The van der Waals surface area contributed by atoms with Crippen LogP contribution >= 0.6 is 23.1 Å². The van der Waals surface area contributed by atoms with E-state index in [1.165, 1.54) is 23.1 Å². The van der Waals surface area contributed by atoms with Crippen molar-refractivity contribution in [3.05, 3.63) is 0 Å². The van der Waals surface area contributed by atoms with Crippen LogP contribution in [-0.2, 0) is 9.53 Å². The van der Waals surface area contributed by atoms with E-state index < -0.39 is 0 Å². The number of anilines is 1. The largest absolute Gasteiger partial charge is 0.462 e. The summed E-state index contributed by atoms with van der Waals surface area (Å²) in [7, 11) is 0. The van der Waals surface area contributed by atoms with Gasteiger partial charge in [-0.25, -0.2) is 0 Å². The van der Waals surface area contributed by atoms with Crippen LogP contribution in [0.4, 0.5) is 5.13 Å². The molecule has 0 unspecified atom stereocenters. The van der Waals surface area contributed by atoms with Gasteiger partial charge in [-0.1, -0.05) is 23.1 Å². The molecule has 1 fully saturated rings. The Morgan fingerprint density at radius 2 is 2.44 bits per heavy atom. The first-order valence-corrected chi connectivity index (χ1v) is 6.83. The van der Waals surface area contributed by atoms with Crippen LogP contribution in [0.1, 0.15) is 20.3 Å². The molecule has 88 valence electrons. The number of hydrogen-bond donors (Lipinski definition) is 1. The van der Waals surface area contributed by atoms with Crippen LogP contribution in [0.15, 0.2) is 4.34 Å². The lowest BCUT2D eigenvalue weighted by molar-refractivity contribution is -0.140. The van der Waals surface area contributed by atoms with Crippen molar-refractivity contribution in [2.75, 3.05) is 11.9 Å². The molecule has 0 bridgehead atoms. The minimum atomic E-state index is -0.141. The lowest BCUT2D eigenvalue weighted by atomic mass is 10.3. The first-order valence-electron chi connectivity index (χ1n) is 5.13. The van der Waals surface area contributed by atoms with Crippen LogP contribution in [0.5, 0.6) is 0 Å². The predicted molar refractivity (Wildman–Crippen MR) is 63.9 cm³/mol. The zero-order chi connectivity index (χ0) is 11.5. The number of aromatic nitrogens is 2. The van der Waals surface area contributed by atoms with Gasteiger partial charge in [-0.05, 0) is 13.8 Å². The number of rotatable bonds is 4. The second-order valence-corrected chi connectivity index (χ2v) is 5.92. The Labute approximate surface area is 102 Å². The van der Waals surface area contributed by atoms with E-state index in [9.17, 15) is 4.79 Å². The van der Waals surface area contributed by atoms with Gasteiger partial charge in [-0.3, -0.25) is 4.79 Å². The molecule has 5 nitrogen and oxygen atoms in total. The topological polar surface area (TPSA) is 64.1 Å². The highest BCUT2D eigenvalue weighted by Gasteiger charge is 2.33. The van der Waals surface area contributed by atoms with Crippen molar-refractivity contribution >= 4 is 34.2 Å². The van der Waals surface area contributed by atoms with E-state index in [0.29, 0.717) is 0 Å². The summed E-state index contributed by atoms with van der Waals surface area (Å²) in [5, 5.41) is 11.8. The Kier molecular flexibility index (Phi) is 3.65. The molecule has 2 atom stereocenters. The van der Waals surface area contributed by atoms with E-state index in [0.717, 1.165) is 22.4 Å². The van der Waals surface area contributed by atoms with E-state index in [1.54, 1.807) is 0 Å². The maximum atomic E-state index is 11.4. The highest BCUT2D eigenvalue weighted by Crippen LogP contribution is 2.34. The Bertz CT molecular complexity index is 383. The standard InChI is InChI=1S/C9H13N3O2S2/c1-3-10-8-11-12-9(16-8)15-6-4-5(2)14-7(6)13/h5-6H,3-4H2,1-2H3,(H,10,11)/t5-,6-/m0/s1. The summed E-state index contributed by atoms with van der Waals surface area (Å²) >= 11 is 2.91. The minimum absolute atomic E-state index is 0.0196. The van der Waals surface area contributed by atoms with Gasteiger partial charge in [0.1, 0.15) is 11.4 Å². The third kappa shape index (κ3) is 2.65. The van der Waals surface area contributed by atoms with E-state index in [2.05, 4.69) is 15.5 Å². The average Bonchev–Trinajstić information content (AvgIpc) is 2.76. The van der Waals surface area contributed by atoms with Gasteiger partial charge in [0.2, 0.25) is 5.13 Å². The molecule has 1 saturated heterocycles. The van der Waals surface area contributed by atoms with Crippen molar-refractivity contribution in [2.24, 2.45) is 0 Å². The lowest BCUT2D eigenvalue weighted by Gasteiger charge is -1.99. The average molecular weight is 259 g/mol. The SMILES string of the molecule is CCNc1nnc(S[C@H]2C[C@H](C)OC2=O)s1. The first-order chi connectivity index (χ1) is 7.69. The van der Waals surface area contributed by atoms with Gasteiger partial charge in [0.25, 0.3) is 0 Å². The van der Waals surface area contributed by atoms with Crippen molar-refractivity contribution in [1.82, 2.24) is 10.2 Å². The smallest absolute Gasteiger partial charge is 0.319 e. The minimum Gasteiger partial charge on any atom is -0.462 e.